The fraction of sp³-hybridized carbons (Fsp3) is 0.167. The molecule has 1 amide bonds. The molecule has 0 aliphatic heterocycles. The fourth-order valence-corrected chi connectivity index (χ4v) is 3.28. The Bertz CT molecular complexity index is 1080. The molecule has 0 aliphatic rings. The van der Waals surface area contributed by atoms with E-state index in [4.69, 9.17) is 4.42 Å². The van der Waals surface area contributed by atoms with Crippen LogP contribution >= 0.6 is 11.5 Å². The zero-order chi connectivity index (χ0) is 18.8. The van der Waals surface area contributed by atoms with E-state index in [2.05, 4.69) is 38.0 Å². The smallest absolute Gasteiger partial charge is 0.293 e. The number of aromatic nitrogens is 5. The number of hydrogen-bond donors (Lipinski definition) is 1. The maximum atomic E-state index is 12.0. The van der Waals surface area contributed by atoms with E-state index in [0.29, 0.717) is 16.6 Å². The molecule has 0 unspecified atom stereocenters. The molecule has 0 spiro atoms. The van der Waals surface area contributed by atoms with Gasteiger partial charge in [-0.25, -0.2) is 4.68 Å². The molecule has 0 atom stereocenters. The summed E-state index contributed by atoms with van der Waals surface area (Å²) in [4.78, 5) is 16.4. The number of carbonyl (C=O) groups is 1. The van der Waals surface area contributed by atoms with Crippen LogP contribution in [-0.2, 0) is 6.42 Å². The van der Waals surface area contributed by atoms with Crippen LogP contribution in [0.2, 0.25) is 0 Å². The molecule has 3 heterocycles. The summed E-state index contributed by atoms with van der Waals surface area (Å²) >= 11 is 1.08. The highest BCUT2D eigenvalue weighted by molar-refractivity contribution is 7.10. The summed E-state index contributed by atoms with van der Waals surface area (Å²) in [6, 6.07) is 11.3. The van der Waals surface area contributed by atoms with Gasteiger partial charge in [0.1, 0.15) is 0 Å². The third kappa shape index (κ3) is 3.24. The molecular formula is C18H16N6O2S. The molecule has 9 heteroatoms. The number of rotatable bonds is 5. The first-order valence-corrected chi connectivity index (χ1v) is 9.14. The lowest BCUT2D eigenvalue weighted by Crippen LogP contribution is -2.10. The standard InChI is InChI=1S/C18H16N6O2S/c1-3-12-7-4-5-8-13(12)24-11(2)15(21-23-24)16-19-18(27-22-16)20-17(25)14-9-6-10-26-14/h4-10H,3H2,1-2H3,(H,19,20,22,25). The number of anilines is 1. The zero-order valence-corrected chi connectivity index (χ0v) is 15.5. The Labute approximate surface area is 159 Å². The summed E-state index contributed by atoms with van der Waals surface area (Å²) in [5.74, 6) is 0.262. The van der Waals surface area contributed by atoms with Crippen molar-refractivity contribution in [1.29, 1.82) is 0 Å². The Morgan fingerprint density at radius 2 is 2.11 bits per heavy atom. The first-order valence-electron chi connectivity index (χ1n) is 8.37. The predicted octanol–water partition coefficient (Wildman–Crippen LogP) is 3.50. The van der Waals surface area contributed by atoms with Crippen molar-refractivity contribution in [3.05, 3.63) is 59.7 Å². The van der Waals surface area contributed by atoms with Gasteiger partial charge in [0.2, 0.25) is 5.13 Å². The van der Waals surface area contributed by atoms with Gasteiger partial charge in [0.05, 0.1) is 17.6 Å². The molecule has 0 radical (unpaired) electrons. The second-order valence-electron chi connectivity index (χ2n) is 5.77. The molecule has 1 aromatic carbocycles. The Morgan fingerprint density at radius 3 is 2.89 bits per heavy atom. The molecule has 0 saturated heterocycles. The van der Waals surface area contributed by atoms with Crippen molar-refractivity contribution >= 4 is 22.6 Å². The number of furan rings is 1. The monoisotopic (exact) mass is 380 g/mol. The first kappa shape index (κ1) is 17.1. The minimum absolute atomic E-state index is 0.213. The predicted molar refractivity (Wildman–Crippen MR) is 101 cm³/mol. The van der Waals surface area contributed by atoms with E-state index < -0.39 is 0 Å². The lowest BCUT2D eigenvalue weighted by molar-refractivity contribution is 0.0996. The minimum Gasteiger partial charge on any atom is -0.459 e. The SMILES string of the molecule is CCc1ccccc1-n1nnc(-c2nsc(NC(=O)c3ccco3)n2)c1C. The van der Waals surface area contributed by atoms with Gasteiger partial charge in [-0.1, -0.05) is 30.3 Å². The maximum absolute atomic E-state index is 12.0. The highest BCUT2D eigenvalue weighted by Crippen LogP contribution is 2.25. The normalized spacial score (nSPS) is 10.9. The molecule has 0 bridgehead atoms. The van der Waals surface area contributed by atoms with E-state index in [0.717, 1.165) is 29.3 Å². The van der Waals surface area contributed by atoms with Gasteiger partial charge in [-0.2, -0.15) is 9.36 Å². The largest absolute Gasteiger partial charge is 0.459 e. The zero-order valence-electron chi connectivity index (χ0n) is 14.7. The summed E-state index contributed by atoms with van der Waals surface area (Å²) in [5.41, 5.74) is 3.57. The van der Waals surface area contributed by atoms with Gasteiger partial charge in [-0.3, -0.25) is 10.1 Å². The second-order valence-corrected chi connectivity index (χ2v) is 6.52. The number of aryl methyl sites for hydroxylation is 1. The Morgan fingerprint density at radius 1 is 1.26 bits per heavy atom. The molecular weight excluding hydrogens is 364 g/mol. The van der Waals surface area contributed by atoms with Crippen molar-refractivity contribution in [3.8, 4) is 17.2 Å². The van der Waals surface area contributed by atoms with Crippen molar-refractivity contribution in [2.24, 2.45) is 0 Å². The van der Waals surface area contributed by atoms with Gasteiger partial charge < -0.3 is 4.42 Å². The molecule has 0 saturated carbocycles. The molecule has 1 N–H and O–H groups in total. The third-order valence-electron chi connectivity index (χ3n) is 4.10. The van der Waals surface area contributed by atoms with Crippen molar-refractivity contribution in [1.82, 2.24) is 24.4 Å². The number of para-hydroxylation sites is 1. The van der Waals surface area contributed by atoms with Gasteiger partial charge in [-0.15, -0.1) is 5.10 Å². The van der Waals surface area contributed by atoms with E-state index in [1.165, 1.54) is 11.8 Å². The molecule has 27 heavy (non-hydrogen) atoms. The molecule has 136 valence electrons. The summed E-state index contributed by atoms with van der Waals surface area (Å²) < 4.78 is 11.2. The van der Waals surface area contributed by atoms with Crippen LogP contribution < -0.4 is 5.32 Å². The average molecular weight is 380 g/mol. The van der Waals surface area contributed by atoms with Crippen molar-refractivity contribution in [2.45, 2.75) is 20.3 Å². The topological polar surface area (TPSA) is 98.7 Å². The van der Waals surface area contributed by atoms with Gasteiger partial charge in [0.15, 0.2) is 17.3 Å². The maximum Gasteiger partial charge on any atom is 0.293 e. The molecule has 8 nitrogen and oxygen atoms in total. The quantitative estimate of drug-likeness (QED) is 0.569. The Balaban J connectivity index is 1.61. The molecule has 3 aromatic heterocycles. The summed E-state index contributed by atoms with van der Waals surface area (Å²) in [7, 11) is 0. The second kappa shape index (κ2) is 7.12. The van der Waals surface area contributed by atoms with Crippen molar-refractivity contribution in [3.63, 3.8) is 0 Å². The highest BCUT2D eigenvalue weighted by atomic mass is 32.1. The average Bonchev–Trinajstić information content (AvgIpc) is 3.42. The molecule has 0 aliphatic carbocycles. The number of nitrogens with zero attached hydrogens (tertiary/aromatic N) is 5. The molecule has 4 rings (SSSR count). The third-order valence-corrected chi connectivity index (χ3v) is 4.73. The van der Waals surface area contributed by atoms with Crippen LogP contribution in [0.3, 0.4) is 0 Å². The Hall–Kier alpha value is -3.33. The number of amides is 1. The number of benzene rings is 1. The van der Waals surface area contributed by atoms with Crippen LogP contribution in [-0.4, -0.2) is 30.3 Å². The number of hydrogen-bond acceptors (Lipinski definition) is 7. The van der Waals surface area contributed by atoms with Gasteiger partial charge in [0.25, 0.3) is 5.91 Å². The van der Waals surface area contributed by atoms with Crippen LogP contribution in [0.15, 0.2) is 47.1 Å². The first-order chi connectivity index (χ1) is 13.2. The van der Waals surface area contributed by atoms with Gasteiger partial charge >= 0.3 is 0 Å². The molecule has 0 fully saturated rings. The van der Waals surface area contributed by atoms with E-state index in [-0.39, 0.29) is 11.7 Å². The van der Waals surface area contributed by atoms with Crippen LogP contribution in [0.1, 0.15) is 28.7 Å². The summed E-state index contributed by atoms with van der Waals surface area (Å²) in [5, 5.41) is 11.6. The Kier molecular flexibility index (Phi) is 4.51. The van der Waals surface area contributed by atoms with Crippen LogP contribution in [0.5, 0.6) is 0 Å². The van der Waals surface area contributed by atoms with Crippen molar-refractivity contribution < 1.29 is 9.21 Å². The van der Waals surface area contributed by atoms with Crippen LogP contribution in [0.4, 0.5) is 5.13 Å². The fourth-order valence-electron chi connectivity index (χ4n) is 2.72. The molecule has 4 aromatic rings. The van der Waals surface area contributed by atoms with Crippen molar-refractivity contribution in [2.75, 3.05) is 5.32 Å². The van der Waals surface area contributed by atoms with E-state index >= 15 is 0 Å². The van der Waals surface area contributed by atoms with E-state index in [1.54, 1.807) is 16.8 Å². The number of nitrogens with one attached hydrogen (secondary N) is 1. The van der Waals surface area contributed by atoms with Gasteiger partial charge in [-0.05, 0) is 37.1 Å². The van der Waals surface area contributed by atoms with E-state index in [1.807, 2.05) is 25.1 Å². The minimum atomic E-state index is -0.375. The highest BCUT2D eigenvalue weighted by Gasteiger charge is 2.19. The lowest BCUT2D eigenvalue weighted by atomic mass is 10.1. The number of carbonyl (C=O) groups excluding carboxylic acids is 1. The van der Waals surface area contributed by atoms with Crippen LogP contribution in [0, 0.1) is 6.92 Å². The summed E-state index contributed by atoms with van der Waals surface area (Å²) in [6.07, 6.45) is 2.33. The lowest BCUT2D eigenvalue weighted by Gasteiger charge is -2.08. The van der Waals surface area contributed by atoms with Gasteiger partial charge in [0, 0.05) is 11.5 Å². The summed E-state index contributed by atoms with van der Waals surface area (Å²) in [6.45, 7) is 4.02. The van der Waals surface area contributed by atoms with E-state index in [9.17, 15) is 4.79 Å². The van der Waals surface area contributed by atoms with Crippen LogP contribution in [0.25, 0.3) is 17.2 Å².